The van der Waals surface area contributed by atoms with Crippen molar-refractivity contribution in [3.8, 4) is 5.75 Å². The second-order valence-electron chi connectivity index (χ2n) is 5.59. The van der Waals surface area contributed by atoms with Gasteiger partial charge in [0.25, 0.3) is 0 Å². The summed E-state index contributed by atoms with van der Waals surface area (Å²) in [5.41, 5.74) is 6.34. The first-order valence-electron chi connectivity index (χ1n) is 7.59. The van der Waals surface area contributed by atoms with E-state index in [9.17, 15) is 5.11 Å². The van der Waals surface area contributed by atoms with Crippen molar-refractivity contribution in [1.29, 1.82) is 0 Å². The minimum absolute atomic E-state index is 0.330. The zero-order valence-corrected chi connectivity index (χ0v) is 12.3. The van der Waals surface area contributed by atoms with Gasteiger partial charge in [-0.2, -0.15) is 0 Å². The Hall–Kier alpha value is -1.26. The molecule has 20 heavy (non-hydrogen) atoms. The van der Waals surface area contributed by atoms with Crippen LogP contribution in [-0.2, 0) is 0 Å². The van der Waals surface area contributed by atoms with E-state index in [2.05, 4.69) is 11.8 Å². The molecule has 0 saturated carbocycles. The molecule has 0 amide bonds. The number of piperidine rings is 1. The Morgan fingerprint density at radius 3 is 2.80 bits per heavy atom. The third-order valence-corrected chi connectivity index (χ3v) is 3.99. The Kier molecular flexibility index (Phi) is 5.68. The van der Waals surface area contributed by atoms with Crippen molar-refractivity contribution in [2.24, 2.45) is 0 Å². The van der Waals surface area contributed by atoms with Crippen molar-refractivity contribution in [3.63, 3.8) is 0 Å². The summed E-state index contributed by atoms with van der Waals surface area (Å²) in [5.74, 6) is 0.754. The van der Waals surface area contributed by atoms with Crippen molar-refractivity contribution in [2.75, 3.05) is 25.4 Å². The number of aliphatic hydroxyl groups excluding tert-OH is 1. The topological polar surface area (TPSA) is 58.7 Å². The van der Waals surface area contributed by atoms with Crippen molar-refractivity contribution in [3.05, 3.63) is 24.3 Å². The molecular weight excluding hydrogens is 252 g/mol. The summed E-state index contributed by atoms with van der Waals surface area (Å²) in [7, 11) is 0. The number of rotatable bonds is 6. The normalized spacial score (nSPS) is 21.6. The summed E-state index contributed by atoms with van der Waals surface area (Å²) in [6.45, 7) is 4.35. The number of hydrogen-bond donors (Lipinski definition) is 2. The molecule has 0 aliphatic carbocycles. The van der Waals surface area contributed by atoms with E-state index >= 15 is 0 Å². The fraction of sp³-hybridized carbons (Fsp3) is 0.625. The number of likely N-dealkylation sites (tertiary alicyclic amines) is 1. The molecule has 1 saturated heterocycles. The molecule has 0 radical (unpaired) electrons. The van der Waals surface area contributed by atoms with Crippen LogP contribution in [0.25, 0.3) is 0 Å². The van der Waals surface area contributed by atoms with Crippen LogP contribution in [0.15, 0.2) is 24.3 Å². The van der Waals surface area contributed by atoms with Gasteiger partial charge >= 0.3 is 0 Å². The smallest absolute Gasteiger partial charge is 0.119 e. The SMILES string of the molecule is CCC1CCCCN1CC(O)COc1ccc(N)cc1. The molecule has 1 aromatic carbocycles. The first-order valence-corrected chi connectivity index (χ1v) is 7.59. The van der Waals surface area contributed by atoms with Crippen LogP contribution in [-0.4, -0.2) is 41.8 Å². The quantitative estimate of drug-likeness (QED) is 0.784. The zero-order chi connectivity index (χ0) is 14.4. The average Bonchev–Trinajstić information content (AvgIpc) is 2.47. The highest BCUT2D eigenvalue weighted by molar-refractivity contribution is 5.41. The van der Waals surface area contributed by atoms with Crippen LogP contribution in [0.5, 0.6) is 5.75 Å². The molecule has 1 heterocycles. The molecule has 2 atom stereocenters. The number of β-amino-alcohol motifs (C(OH)–C–C–N with tert-alkyl or cyclic N) is 1. The van der Waals surface area contributed by atoms with Crippen LogP contribution in [0.3, 0.4) is 0 Å². The van der Waals surface area contributed by atoms with Crippen molar-refractivity contribution >= 4 is 5.69 Å². The molecule has 1 fully saturated rings. The lowest BCUT2D eigenvalue weighted by Crippen LogP contribution is -2.44. The number of aliphatic hydroxyl groups is 1. The van der Waals surface area contributed by atoms with Gasteiger partial charge in [0.15, 0.2) is 0 Å². The van der Waals surface area contributed by atoms with Crippen LogP contribution in [0.2, 0.25) is 0 Å². The Morgan fingerprint density at radius 1 is 1.35 bits per heavy atom. The van der Waals surface area contributed by atoms with Crippen molar-refractivity contribution in [1.82, 2.24) is 4.90 Å². The number of anilines is 1. The van der Waals surface area contributed by atoms with E-state index in [1.165, 1.54) is 19.3 Å². The van der Waals surface area contributed by atoms with Gasteiger partial charge < -0.3 is 15.6 Å². The molecule has 0 spiro atoms. The van der Waals surface area contributed by atoms with Gasteiger partial charge in [0.2, 0.25) is 0 Å². The van der Waals surface area contributed by atoms with Crippen LogP contribution in [0, 0.1) is 0 Å². The van der Waals surface area contributed by atoms with E-state index in [4.69, 9.17) is 10.5 Å². The summed E-state index contributed by atoms with van der Waals surface area (Å²) in [6.07, 6.45) is 4.52. The molecule has 0 aromatic heterocycles. The number of nitrogen functional groups attached to an aromatic ring is 1. The van der Waals surface area contributed by atoms with Crippen molar-refractivity contribution < 1.29 is 9.84 Å². The van der Waals surface area contributed by atoms with Gasteiger partial charge in [0.1, 0.15) is 18.5 Å². The predicted octanol–water partition coefficient (Wildman–Crippen LogP) is 2.27. The fourth-order valence-electron chi connectivity index (χ4n) is 2.84. The van der Waals surface area contributed by atoms with Gasteiger partial charge in [0.05, 0.1) is 0 Å². The lowest BCUT2D eigenvalue weighted by molar-refractivity contribution is 0.0387. The second-order valence-corrected chi connectivity index (χ2v) is 5.59. The lowest BCUT2D eigenvalue weighted by atomic mass is 10.00. The molecule has 4 nitrogen and oxygen atoms in total. The standard InChI is InChI=1S/C16H26N2O2/c1-2-14-5-3-4-10-18(14)11-15(19)12-20-16-8-6-13(17)7-9-16/h6-9,14-15,19H,2-5,10-12,17H2,1H3. The maximum absolute atomic E-state index is 10.1. The van der Waals surface area contributed by atoms with E-state index in [0.717, 1.165) is 24.4 Å². The van der Waals surface area contributed by atoms with E-state index in [0.29, 0.717) is 19.2 Å². The first-order chi connectivity index (χ1) is 9.69. The second kappa shape index (κ2) is 7.50. The molecular formula is C16H26N2O2. The highest BCUT2D eigenvalue weighted by atomic mass is 16.5. The Balaban J connectivity index is 1.76. The third kappa shape index (κ3) is 4.39. The van der Waals surface area contributed by atoms with Gasteiger partial charge in [0, 0.05) is 18.3 Å². The maximum atomic E-state index is 10.1. The number of hydrogen-bond acceptors (Lipinski definition) is 4. The summed E-state index contributed by atoms with van der Waals surface area (Å²) < 4.78 is 5.60. The monoisotopic (exact) mass is 278 g/mol. The van der Waals surface area contributed by atoms with Crippen LogP contribution < -0.4 is 10.5 Å². The van der Waals surface area contributed by atoms with Crippen LogP contribution in [0.4, 0.5) is 5.69 Å². The molecule has 112 valence electrons. The van der Waals surface area contributed by atoms with Gasteiger partial charge in [-0.15, -0.1) is 0 Å². The molecule has 1 aliphatic rings. The molecule has 0 bridgehead atoms. The zero-order valence-electron chi connectivity index (χ0n) is 12.3. The number of nitrogens with zero attached hydrogens (tertiary/aromatic N) is 1. The predicted molar refractivity (Wildman–Crippen MR) is 81.9 cm³/mol. The summed E-state index contributed by atoms with van der Waals surface area (Å²) >= 11 is 0. The Morgan fingerprint density at radius 2 is 2.10 bits per heavy atom. The maximum Gasteiger partial charge on any atom is 0.119 e. The van der Waals surface area contributed by atoms with Gasteiger partial charge in [-0.3, -0.25) is 4.90 Å². The van der Waals surface area contributed by atoms with Gasteiger partial charge in [-0.25, -0.2) is 0 Å². The largest absolute Gasteiger partial charge is 0.491 e. The molecule has 2 unspecified atom stereocenters. The van der Waals surface area contributed by atoms with Gasteiger partial charge in [-0.05, 0) is 50.1 Å². The highest BCUT2D eigenvalue weighted by Crippen LogP contribution is 2.20. The van der Waals surface area contributed by atoms with Gasteiger partial charge in [-0.1, -0.05) is 13.3 Å². The number of ether oxygens (including phenoxy) is 1. The average molecular weight is 278 g/mol. The number of nitrogens with two attached hydrogens (primary N) is 1. The first kappa shape index (κ1) is 15.1. The summed E-state index contributed by atoms with van der Waals surface area (Å²) in [4.78, 5) is 2.40. The van der Waals surface area contributed by atoms with Crippen molar-refractivity contribution in [2.45, 2.75) is 44.8 Å². The molecule has 2 rings (SSSR count). The van der Waals surface area contributed by atoms with E-state index < -0.39 is 6.10 Å². The fourth-order valence-corrected chi connectivity index (χ4v) is 2.84. The van der Waals surface area contributed by atoms with E-state index in [-0.39, 0.29) is 0 Å². The van der Waals surface area contributed by atoms with Crippen LogP contribution >= 0.6 is 0 Å². The third-order valence-electron chi connectivity index (χ3n) is 3.99. The van der Waals surface area contributed by atoms with E-state index in [1.54, 1.807) is 12.1 Å². The Bertz CT molecular complexity index is 394. The minimum atomic E-state index is -0.445. The Labute approximate surface area is 121 Å². The lowest BCUT2D eigenvalue weighted by Gasteiger charge is -2.36. The van der Waals surface area contributed by atoms with E-state index in [1.807, 2.05) is 12.1 Å². The molecule has 1 aromatic rings. The molecule has 4 heteroatoms. The van der Waals surface area contributed by atoms with Crippen LogP contribution in [0.1, 0.15) is 32.6 Å². The summed E-state index contributed by atoms with van der Waals surface area (Å²) in [5, 5.41) is 10.1. The summed E-state index contributed by atoms with van der Waals surface area (Å²) in [6, 6.07) is 7.89. The number of benzene rings is 1. The minimum Gasteiger partial charge on any atom is -0.491 e. The highest BCUT2D eigenvalue weighted by Gasteiger charge is 2.22. The molecule has 3 N–H and O–H groups in total. The molecule has 1 aliphatic heterocycles.